The van der Waals surface area contributed by atoms with Crippen molar-refractivity contribution in [1.82, 2.24) is 35.5 Å². The molecule has 4 amide bonds. The number of H-pyrrole nitrogens is 1. The number of aliphatic imine (C=N–C) groups is 1. The number of nitrogens with one attached hydrogen (secondary N) is 4. The van der Waals surface area contributed by atoms with Crippen molar-refractivity contribution in [2.24, 2.45) is 45.0 Å². The third-order valence-corrected chi connectivity index (χ3v) is 21.4. The molecule has 1 spiro atoms. The number of aromatic amines is 1. The standard InChI is InChI=1S/C39H48N12O13S.C35H48O10/c1-51-28(54)14-27(35(51)60)65-17-20(36(61)62)12-26(53)25(13-29(55)56)48-33(58)19(3-2-10-43-38(40)41)11-23(52)8-9-24(37(63)64)47-32(57)18-4-6-21(7-5-18)44-15-22-16-45-31-30(46-22)34(59)50-39(42)49-31;1-9-14-39-32(25-12-10-21(4)11-13-25)45-29-30(42-24(7)37)33(8)34(18-40-23(6)36)17-26(43-28(38)15-20(2)3)22(5)16-27(34)44-31(29)35(33)19-41-35/h4-7,16,19-20,24-25,27,44H,2-3,8-15,17H2,1H3,(H,47,57)(H,48,58)(H,55,56)(H,61,62)(H,63,64)(H4,40,41,43)(H3,42,45,49,50,59);10-13,16,20,26-27,29-32H,9,14-15,17-19H2,1-8H3/t19-,20+,24+,25+,27?;26-,27+,29+,30+,31+,32?,33+,34+,35-/m10/s1. The monoisotopic (exact) mass is 1550 g/mol. The topological polar surface area (TPSA) is 535 Å². The van der Waals surface area contributed by atoms with Crippen LogP contribution < -0.4 is 38.7 Å². The number of aromatic nitrogens is 4. The Hall–Kier alpha value is -10.3. The Morgan fingerprint density at radius 3 is 2.16 bits per heavy atom. The number of thioether (sulfide) groups is 1. The summed E-state index contributed by atoms with van der Waals surface area (Å²) < 4.78 is 44.4. The number of carbonyl (C=O) groups is 12. The molecule has 2 bridgehead atoms. The van der Waals surface area contributed by atoms with Gasteiger partial charge in [-0.25, -0.2) is 14.8 Å². The number of aryl methyl sites for hydroxylation is 1. The Morgan fingerprint density at radius 1 is 0.864 bits per heavy atom. The Bertz CT molecular complexity index is 4230. The fourth-order valence-corrected chi connectivity index (χ4v) is 15.4. The number of epoxide rings is 1. The van der Waals surface area contributed by atoms with E-state index in [0.29, 0.717) is 24.6 Å². The van der Waals surface area contributed by atoms with Gasteiger partial charge < -0.3 is 81.6 Å². The van der Waals surface area contributed by atoms with Gasteiger partial charge in [-0.1, -0.05) is 63.6 Å². The first-order valence-electron chi connectivity index (χ1n) is 36.0. The first kappa shape index (κ1) is 85.3. The summed E-state index contributed by atoms with van der Waals surface area (Å²) in [6.45, 7) is 15.5. The number of anilines is 2. The molecule has 36 heteroatoms. The van der Waals surface area contributed by atoms with Crippen LogP contribution in [-0.2, 0) is 92.4 Å². The van der Waals surface area contributed by atoms with Crippen LogP contribution in [0.25, 0.3) is 11.2 Å². The van der Waals surface area contributed by atoms with Crippen molar-refractivity contribution in [3.63, 3.8) is 0 Å². The van der Waals surface area contributed by atoms with Crippen molar-refractivity contribution in [3.8, 4) is 0 Å². The molecule has 35 nitrogen and oxygen atoms in total. The van der Waals surface area contributed by atoms with Gasteiger partial charge >= 0.3 is 35.8 Å². The minimum absolute atomic E-state index is 0.00774. The molecule has 2 aromatic carbocycles. The van der Waals surface area contributed by atoms with Gasteiger partial charge in [-0.15, -0.1) is 11.8 Å². The number of hydrogen-bond acceptors (Lipinski definition) is 27. The second-order valence-electron chi connectivity index (χ2n) is 28.6. The number of amides is 4. The van der Waals surface area contributed by atoms with Crippen LogP contribution in [0.15, 0.2) is 76.2 Å². The van der Waals surface area contributed by atoms with Crippen LogP contribution in [0.4, 0.5) is 11.6 Å². The average molecular weight is 1550 g/mol. The molecule has 9 rings (SSSR count). The molecule has 2 aromatic heterocycles. The maximum absolute atomic E-state index is 13.6. The molecule has 2 unspecified atom stereocenters. The molecular weight excluding hydrogens is 1460 g/mol. The summed E-state index contributed by atoms with van der Waals surface area (Å²) in [5.41, 5.74) is 16.7. The van der Waals surface area contributed by atoms with Gasteiger partial charge in [0.1, 0.15) is 48.4 Å². The number of guanidine groups is 1. The smallest absolute Gasteiger partial charge is 0.326 e. The lowest BCUT2D eigenvalue weighted by Crippen LogP contribution is -2.68. The highest BCUT2D eigenvalue weighted by molar-refractivity contribution is 8.00. The molecule has 1 saturated carbocycles. The molecule has 14 atom stereocenters. The van der Waals surface area contributed by atoms with Crippen LogP contribution in [0.1, 0.15) is 153 Å². The molecule has 5 aliphatic rings. The normalized spacial score (nSPS) is 23.5. The van der Waals surface area contributed by atoms with Crippen LogP contribution in [-0.4, -0.2) is 210 Å². The fourth-order valence-electron chi connectivity index (χ4n) is 14.1. The zero-order valence-electron chi connectivity index (χ0n) is 62.6. The molecule has 2 aliphatic carbocycles. The predicted molar refractivity (Wildman–Crippen MR) is 394 cm³/mol. The number of aliphatic carboxylic acids is 3. The molecule has 4 aromatic rings. The number of nitrogens with two attached hydrogens (primary N) is 3. The number of fused-ring (bicyclic) bond motifs is 3. The number of ketones is 2. The zero-order valence-corrected chi connectivity index (χ0v) is 63.4. The van der Waals surface area contributed by atoms with Gasteiger partial charge in [0.25, 0.3) is 11.5 Å². The number of imide groups is 1. The average Bonchev–Trinajstić information content (AvgIpc) is 1.47. The van der Waals surface area contributed by atoms with Crippen LogP contribution in [0.2, 0.25) is 0 Å². The number of rotatable bonds is 38. The molecular formula is C74H96N12O23S. The highest BCUT2D eigenvalue weighted by Gasteiger charge is 2.87. The van der Waals surface area contributed by atoms with Crippen molar-refractivity contribution in [3.05, 3.63) is 99.1 Å². The Labute approximate surface area is 637 Å². The number of ether oxygens (including phenoxy) is 7. The van der Waals surface area contributed by atoms with Gasteiger partial charge in [-0.3, -0.25) is 72.4 Å². The molecule has 3 aliphatic heterocycles. The highest BCUT2D eigenvalue weighted by Crippen LogP contribution is 2.73. The second kappa shape index (κ2) is 37.4. The van der Waals surface area contributed by atoms with Gasteiger partial charge in [0.2, 0.25) is 23.7 Å². The number of Topliss-reactive ketones (excluding diaryl/α,β-unsaturated/α-hetero) is 2. The van der Waals surface area contributed by atoms with Gasteiger partial charge in [0.05, 0.1) is 65.6 Å². The van der Waals surface area contributed by atoms with Crippen LogP contribution >= 0.6 is 11.8 Å². The molecule has 3 saturated heterocycles. The lowest BCUT2D eigenvalue weighted by molar-refractivity contribution is -0.244. The van der Waals surface area contributed by atoms with Gasteiger partial charge in [0, 0.05) is 101 Å². The lowest BCUT2D eigenvalue weighted by atomic mass is 9.51. The predicted octanol–water partition coefficient (Wildman–Crippen LogP) is 3.76. The summed E-state index contributed by atoms with van der Waals surface area (Å²) >= 11 is 0.863. The highest BCUT2D eigenvalue weighted by atomic mass is 32.2. The number of hydrogen-bond donors (Lipinski definition) is 10. The summed E-state index contributed by atoms with van der Waals surface area (Å²) in [5.74, 6) is -13.0. The van der Waals surface area contributed by atoms with Crippen molar-refractivity contribution < 1.29 is 106 Å². The quantitative estimate of drug-likeness (QED) is 0.00351. The SMILES string of the molecule is CCCOC(O[C@@H]1[C@@H](OC(C)=O)[C@]2(C)[C@@]3(COC(C)=O)C[C@H](OC(=O)CC(C)C)C(C)=C[C@H]3O[C@H]1[C@@]21CO1)c1ccc(C)cc1.CN1C(=O)CC(SC[C@H](CC(=O)[C@H](CC(=O)O)NC(=O)[C@H](CCCN=C(N)N)CC(=O)CC[C@H](NC(=O)c2ccc(NCc3cnc4nc(N)[nH]c(=O)c4n3)cc2)C(=O)O)C(=O)O)C1=O. The van der Waals surface area contributed by atoms with Crippen molar-refractivity contribution in [2.45, 2.75) is 192 Å². The van der Waals surface area contributed by atoms with E-state index in [9.17, 15) is 77.6 Å². The molecule has 0 radical (unpaired) electrons. The largest absolute Gasteiger partial charge is 0.481 e. The summed E-state index contributed by atoms with van der Waals surface area (Å²) in [6.07, 6.45) is -2.52. The summed E-state index contributed by atoms with van der Waals surface area (Å²) in [7, 11) is 1.29. The van der Waals surface area contributed by atoms with Crippen LogP contribution in [0.3, 0.4) is 0 Å². The third-order valence-electron chi connectivity index (χ3n) is 20.1. The van der Waals surface area contributed by atoms with Gasteiger partial charge in [-0.2, -0.15) is 4.98 Å². The first-order valence-corrected chi connectivity index (χ1v) is 37.0. The second-order valence-corrected chi connectivity index (χ2v) is 29.9. The molecule has 4 fully saturated rings. The Balaban J connectivity index is 0.000000294. The number of esters is 3. The van der Waals surface area contributed by atoms with E-state index in [4.69, 9.17) is 50.4 Å². The van der Waals surface area contributed by atoms with Crippen LogP contribution in [0.5, 0.6) is 0 Å². The number of nitrogen functional groups attached to an aromatic ring is 1. The Morgan fingerprint density at radius 2 is 1.56 bits per heavy atom. The molecule has 13 N–H and O–H groups in total. The maximum atomic E-state index is 13.6. The number of nitrogens with zero attached hydrogens (tertiary/aromatic N) is 5. The number of carbonyl (C=O) groups excluding carboxylic acids is 9. The number of likely N-dealkylation sites (tertiary alicyclic amines) is 1. The molecule has 110 heavy (non-hydrogen) atoms. The van der Waals surface area contributed by atoms with E-state index in [1.807, 2.05) is 71.9 Å². The zero-order chi connectivity index (χ0) is 80.7. The Kier molecular flexibility index (Phi) is 29.0. The van der Waals surface area contributed by atoms with Crippen molar-refractivity contribution in [1.29, 1.82) is 0 Å². The fraction of sp³-hybridized carbons (Fsp3) is 0.554. The number of carboxylic acids is 3. The van der Waals surface area contributed by atoms with E-state index in [2.05, 4.69) is 40.9 Å². The van der Waals surface area contributed by atoms with Crippen molar-refractivity contribution in [2.75, 3.05) is 50.2 Å². The van der Waals surface area contributed by atoms with Gasteiger partial charge in [0.15, 0.2) is 29.2 Å². The number of benzene rings is 2. The van der Waals surface area contributed by atoms with E-state index in [-0.39, 0.29) is 104 Å². The summed E-state index contributed by atoms with van der Waals surface area (Å²) in [5, 5.41) is 36.1. The minimum Gasteiger partial charge on any atom is -0.481 e. The first-order chi connectivity index (χ1) is 52.0. The molecule has 596 valence electrons. The third kappa shape index (κ3) is 21.0. The van der Waals surface area contributed by atoms with Crippen molar-refractivity contribution >= 4 is 112 Å². The summed E-state index contributed by atoms with van der Waals surface area (Å²) in [6, 6.07) is 10.6. The van der Waals surface area contributed by atoms with E-state index in [0.717, 1.165) is 39.8 Å². The van der Waals surface area contributed by atoms with Crippen LogP contribution in [0, 0.1) is 35.5 Å². The number of carboxylic acid groups (broad SMARTS) is 3. The summed E-state index contributed by atoms with van der Waals surface area (Å²) in [4.78, 5) is 183. The van der Waals surface area contributed by atoms with E-state index in [1.165, 1.54) is 51.4 Å². The minimum atomic E-state index is -1.72. The van der Waals surface area contributed by atoms with E-state index in [1.54, 1.807) is 0 Å². The molecule has 5 heterocycles. The van der Waals surface area contributed by atoms with E-state index >= 15 is 0 Å². The van der Waals surface area contributed by atoms with Gasteiger partial charge in [-0.05, 0) is 75.3 Å². The maximum Gasteiger partial charge on any atom is 0.326 e. The van der Waals surface area contributed by atoms with E-state index < -0.39 is 179 Å². The lowest BCUT2D eigenvalue weighted by Gasteiger charge is -2.58.